The molecule has 28 heavy (non-hydrogen) atoms. The van der Waals surface area contributed by atoms with Gasteiger partial charge in [-0.05, 0) is 65.7 Å². The van der Waals surface area contributed by atoms with E-state index in [0.717, 1.165) is 23.9 Å². The van der Waals surface area contributed by atoms with Gasteiger partial charge in [0.05, 0.1) is 10.0 Å². The predicted molar refractivity (Wildman–Crippen MR) is 114 cm³/mol. The summed E-state index contributed by atoms with van der Waals surface area (Å²) in [5, 5.41) is 8.30. The zero-order chi connectivity index (χ0) is 20.7. The van der Waals surface area contributed by atoms with E-state index in [1.165, 1.54) is 0 Å². The van der Waals surface area contributed by atoms with Gasteiger partial charge in [-0.1, -0.05) is 23.2 Å². The summed E-state index contributed by atoms with van der Waals surface area (Å²) in [5.74, 6) is 0.205. The van der Waals surface area contributed by atoms with Crippen molar-refractivity contribution in [1.82, 2.24) is 15.6 Å². The second-order valence-electron chi connectivity index (χ2n) is 8.87. The van der Waals surface area contributed by atoms with Crippen molar-refractivity contribution in [3.63, 3.8) is 0 Å². The average molecular weight is 424 g/mol. The number of halogens is 2. The van der Waals surface area contributed by atoms with Crippen LogP contribution < -0.4 is 15.4 Å². The summed E-state index contributed by atoms with van der Waals surface area (Å²) >= 11 is 12.6. The highest BCUT2D eigenvalue weighted by Gasteiger charge is 2.38. The molecule has 3 rings (SSSR count). The third-order valence-electron chi connectivity index (χ3n) is 4.88. The molecule has 1 aliphatic rings. The Hall–Kier alpha value is -1.56. The van der Waals surface area contributed by atoms with E-state index in [1.807, 2.05) is 19.1 Å². The SMILES string of the molecule is Cc1ccc2c(Cl)cc(Cl)c(OCC(=O)NC3CC(C)(C)NC(C)(C)C3)c2n1. The van der Waals surface area contributed by atoms with Crippen LogP contribution in [0, 0.1) is 6.92 Å². The van der Waals surface area contributed by atoms with Crippen LogP contribution in [-0.4, -0.2) is 34.6 Å². The Bertz CT molecular complexity index is 896. The van der Waals surface area contributed by atoms with E-state index in [4.69, 9.17) is 27.9 Å². The number of fused-ring (bicyclic) bond motifs is 1. The number of benzene rings is 1. The molecule has 2 heterocycles. The van der Waals surface area contributed by atoms with Gasteiger partial charge in [-0.25, -0.2) is 4.98 Å². The second-order valence-corrected chi connectivity index (χ2v) is 9.69. The molecule has 1 fully saturated rings. The summed E-state index contributed by atoms with van der Waals surface area (Å²) in [7, 11) is 0. The van der Waals surface area contributed by atoms with Crippen molar-refractivity contribution in [1.29, 1.82) is 0 Å². The van der Waals surface area contributed by atoms with E-state index in [9.17, 15) is 4.79 Å². The number of nitrogens with one attached hydrogen (secondary N) is 2. The van der Waals surface area contributed by atoms with Crippen LogP contribution >= 0.6 is 23.2 Å². The maximum absolute atomic E-state index is 12.5. The normalized spacial score (nSPS) is 18.8. The van der Waals surface area contributed by atoms with Crippen molar-refractivity contribution in [3.8, 4) is 5.75 Å². The first-order valence-corrected chi connectivity index (χ1v) is 10.2. The van der Waals surface area contributed by atoms with E-state index in [2.05, 4.69) is 43.3 Å². The number of carbonyl (C=O) groups is 1. The summed E-state index contributed by atoms with van der Waals surface area (Å²) in [6.45, 7) is 10.4. The Labute approximate surface area is 176 Å². The zero-order valence-corrected chi connectivity index (χ0v) is 18.5. The second kappa shape index (κ2) is 7.69. The molecular formula is C21H27Cl2N3O2. The zero-order valence-electron chi connectivity index (χ0n) is 17.0. The standard InChI is InChI=1S/C21H27Cl2N3O2/c1-12-6-7-14-15(22)8-16(23)19(18(14)24-12)28-11-17(27)25-13-9-20(2,3)26-21(4,5)10-13/h6-8,13,26H,9-11H2,1-5H3,(H,25,27). The average Bonchev–Trinajstić information content (AvgIpc) is 2.51. The molecule has 1 aromatic carbocycles. The smallest absolute Gasteiger partial charge is 0.258 e. The summed E-state index contributed by atoms with van der Waals surface area (Å²) in [6.07, 6.45) is 1.71. The van der Waals surface area contributed by atoms with Crippen molar-refractivity contribution in [2.75, 3.05) is 6.61 Å². The minimum Gasteiger partial charge on any atom is -0.480 e. The number of ether oxygens (including phenoxy) is 1. The van der Waals surface area contributed by atoms with Crippen molar-refractivity contribution in [3.05, 3.63) is 33.9 Å². The quantitative estimate of drug-likeness (QED) is 0.750. The van der Waals surface area contributed by atoms with Crippen LogP contribution in [0.3, 0.4) is 0 Å². The molecule has 0 unspecified atom stereocenters. The van der Waals surface area contributed by atoms with E-state index < -0.39 is 0 Å². The molecular weight excluding hydrogens is 397 g/mol. The Morgan fingerprint density at radius 3 is 2.50 bits per heavy atom. The van der Waals surface area contributed by atoms with Crippen LogP contribution in [0.5, 0.6) is 5.75 Å². The molecule has 0 spiro atoms. The van der Waals surface area contributed by atoms with E-state index >= 15 is 0 Å². The number of pyridine rings is 1. The predicted octanol–water partition coefficient (Wildman–Crippen LogP) is 4.65. The first-order valence-electron chi connectivity index (χ1n) is 9.43. The van der Waals surface area contributed by atoms with Gasteiger partial charge in [-0.3, -0.25) is 4.79 Å². The highest BCUT2D eigenvalue weighted by molar-refractivity contribution is 6.39. The number of piperidine rings is 1. The topological polar surface area (TPSA) is 63.2 Å². The molecule has 2 N–H and O–H groups in total. The fourth-order valence-electron chi connectivity index (χ4n) is 4.26. The lowest BCUT2D eigenvalue weighted by molar-refractivity contribution is -0.124. The third kappa shape index (κ3) is 4.88. The number of hydrogen-bond donors (Lipinski definition) is 2. The third-order valence-corrected chi connectivity index (χ3v) is 5.47. The molecule has 5 nitrogen and oxygen atoms in total. The van der Waals surface area contributed by atoms with Crippen LogP contribution in [0.2, 0.25) is 10.0 Å². The van der Waals surface area contributed by atoms with Crippen molar-refractivity contribution < 1.29 is 9.53 Å². The van der Waals surface area contributed by atoms with Crippen LogP contribution in [0.15, 0.2) is 18.2 Å². The summed E-state index contributed by atoms with van der Waals surface area (Å²) in [5.41, 5.74) is 1.30. The Morgan fingerprint density at radius 1 is 1.21 bits per heavy atom. The molecule has 0 bridgehead atoms. The van der Waals surface area contributed by atoms with Gasteiger partial charge in [-0.2, -0.15) is 0 Å². The van der Waals surface area contributed by atoms with Gasteiger partial charge in [-0.15, -0.1) is 0 Å². The number of nitrogens with zero attached hydrogens (tertiary/aromatic N) is 1. The molecule has 2 aromatic rings. The van der Waals surface area contributed by atoms with Crippen LogP contribution in [0.4, 0.5) is 0 Å². The molecule has 0 aliphatic carbocycles. The Kier molecular flexibility index (Phi) is 5.81. The maximum Gasteiger partial charge on any atom is 0.258 e. The van der Waals surface area contributed by atoms with Gasteiger partial charge in [0, 0.05) is 28.2 Å². The molecule has 0 radical (unpaired) electrons. The summed E-state index contributed by atoms with van der Waals surface area (Å²) in [6, 6.07) is 5.45. The highest BCUT2D eigenvalue weighted by Crippen LogP contribution is 2.37. The van der Waals surface area contributed by atoms with Gasteiger partial charge in [0.2, 0.25) is 0 Å². The molecule has 1 saturated heterocycles. The summed E-state index contributed by atoms with van der Waals surface area (Å²) < 4.78 is 5.79. The van der Waals surface area contributed by atoms with Gasteiger partial charge in [0.15, 0.2) is 12.4 Å². The van der Waals surface area contributed by atoms with Crippen molar-refractivity contribution in [2.45, 2.75) is 64.6 Å². The fourth-order valence-corrected chi connectivity index (χ4v) is 4.83. The molecule has 152 valence electrons. The number of hydrogen-bond acceptors (Lipinski definition) is 4. The van der Waals surface area contributed by atoms with Gasteiger partial charge in [0.1, 0.15) is 5.52 Å². The van der Waals surface area contributed by atoms with Crippen LogP contribution in [0.25, 0.3) is 10.9 Å². The van der Waals surface area contributed by atoms with Gasteiger partial charge < -0.3 is 15.4 Å². The number of aryl methyl sites for hydroxylation is 1. The minimum atomic E-state index is -0.176. The number of carbonyl (C=O) groups excluding carboxylic acids is 1. The van der Waals surface area contributed by atoms with Crippen LogP contribution in [-0.2, 0) is 4.79 Å². The Morgan fingerprint density at radius 2 is 1.86 bits per heavy atom. The number of rotatable bonds is 4. The van der Waals surface area contributed by atoms with E-state index in [-0.39, 0.29) is 29.6 Å². The highest BCUT2D eigenvalue weighted by atomic mass is 35.5. The maximum atomic E-state index is 12.5. The molecule has 0 atom stereocenters. The summed E-state index contributed by atoms with van der Waals surface area (Å²) in [4.78, 5) is 17.0. The number of aromatic nitrogens is 1. The lowest BCUT2D eigenvalue weighted by Crippen LogP contribution is -2.62. The monoisotopic (exact) mass is 423 g/mol. The molecule has 1 amide bonds. The van der Waals surface area contributed by atoms with Gasteiger partial charge in [0.25, 0.3) is 5.91 Å². The van der Waals surface area contributed by atoms with Gasteiger partial charge >= 0.3 is 0 Å². The first kappa shape index (κ1) is 21.2. The van der Waals surface area contributed by atoms with Crippen molar-refractivity contribution >= 4 is 40.0 Å². The molecule has 1 aromatic heterocycles. The Balaban J connectivity index is 1.72. The minimum absolute atomic E-state index is 0.0440. The van der Waals surface area contributed by atoms with E-state index in [0.29, 0.717) is 21.3 Å². The lowest BCUT2D eigenvalue weighted by atomic mass is 9.79. The molecule has 0 saturated carbocycles. The molecule has 1 aliphatic heterocycles. The molecule has 7 heteroatoms. The fraction of sp³-hybridized carbons (Fsp3) is 0.524. The largest absolute Gasteiger partial charge is 0.480 e. The lowest BCUT2D eigenvalue weighted by Gasteiger charge is -2.46. The van der Waals surface area contributed by atoms with Crippen molar-refractivity contribution in [2.24, 2.45) is 0 Å². The van der Waals surface area contributed by atoms with Crippen LogP contribution in [0.1, 0.15) is 46.2 Å². The first-order chi connectivity index (χ1) is 13.0. The number of amides is 1. The van der Waals surface area contributed by atoms with E-state index in [1.54, 1.807) is 6.07 Å².